The summed E-state index contributed by atoms with van der Waals surface area (Å²) in [5.74, 6) is -7.91. The fourth-order valence-corrected chi connectivity index (χ4v) is 3.67. The number of hydrogen-bond acceptors (Lipinski definition) is 5. The van der Waals surface area contributed by atoms with Crippen molar-refractivity contribution in [2.45, 2.75) is 13.5 Å². The predicted molar refractivity (Wildman–Crippen MR) is 117 cm³/mol. The van der Waals surface area contributed by atoms with Crippen LogP contribution in [0, 0.1) is 30.2 Å². The minimum atomic E-state index is -1.50. The second-order valence-electron chi connectivity index (χ2n) is 7.26. The Kier molecular flexibility index (Phi) is 6.01. The Balaban J connectivity index is 2.00. The first kappa shape index (κ1) is 23.2. The topological polar surface area (TPSA) is 87.2 Å². The van der Waals surface area contributed by atoms with Crippen molar-refractivity contribution in [2.24, 2.45) is 0 Å². The average Bonchev–Trinajstić information content (AvgIpc) is 2.82. The van der Waals surface area contributed by atoms with Crippen LogP contribution in [0.3, 0.4) is 0 Å². The number of benzene rings is 2. The number of carbonyl (C=O) groups is 1. The van der Waals surface area contributed by atoms with E-state index < -0.39 is 73.4 Å². The Hall–Kier alpha value is -3.92. The van der Waals surface area contributed by atoms with Crippen LogP contribution in [-0.4, -0.2) is 15.5 Å². The molecule has 2 aromatic heterocycles. The fraction of sp³-hybridized carbons (Fsp3) is 0.0870. The summed E-state index contributed by atoms with van der Waals surface area (Å²) in [6.45, 7) is 0.884. The van der Waals surface area contributed by atoms with E-state index in [1.54, 1.807) is 30.3 Å². The van der Waals surface area contributed by atoms with Crippen molar-refractivity contribution in [3.8, 4) is 5.82 Å². The number of esters is 1. The molecular formula is C23H14ClF4N3O3. The van der Waals surface area contributed by atoms with Gasteiger partial charge in [0.2, 0.25) is 5.43 Å². The van der Waals surface area contributed by atoms with Gasteiger partial charge in [-0.1, -0.05) is 41.9 Å². The highest BCUT2D eigenvalue weighted by atomic mass is 35.5. The van der Waals surface area contributed by atoms with E-state index in [2.05, 4.69) is 4.98 Å². The lowest BCUT2D eigenvalue weighted by atomic mass is 10.0. The Morgan fingerprint density at radius 1 is 1.12 bits per heavy atom. The van der Waals surface area contributed by atoms with Gasteiger partial charge in [0.1, 0.15) is 17.2 Å². The van der Waals surface area contributed by atoms with Crippen LogP contribution in [0.15, 0.2) is 47.4 Å². The number of halogens is 5. The summed E-state index contributed by atoms with van der Waals surface area (Å²) in [4.78, 5) is 29.5. The first-order valence-electron chi connectivity index (χ1n) is 9.67. The van der Waals surface area contributed by atoms with Gasteiger partial charge in [0.15, 0.2) is 34.9 Å². The number of rotatable bonds is 4. The van der Waals surface area contributed by atoms with Crippen molar-refractivity contribution < 1.29 is 27.1 Å². The highest BCUT2D eigenvalue weighted by molar-refractivity contribution is 6.35. The molecule has 0 saturated heterocycles. The molecule has 0 radical (unpaired) electrons. The Morgan fingerprint density at radius 2 is 1.79 bits per heavy atom. The quantitative estimate of drug-likeness (QED) is 0.251. The molecule has 0 saturated carbocycles. The molecule has 174 valence electrons. The van der Waals surface area contributed by atoms with Crippen LogP contribution in [0.1, 0.15) is 21.5 Å². The fourth-order valence-electron chi connectivity index (χ4n) is 3.41. The number of carbonyl (C=O) groups excluding carboxylic acids is 1. The number of ether oxygens (including phenoxy) is 1. The van der Waals surface area contributed by atoms with Crippen molar-refractivity contribution in [3.63, 3.8) is 0 Å². The molecule has 0 fully saturated rings. The van der Waals surface area contributed by atoms with E-state index in [1.165, 1.54) is 0 Å². The molecule has 0 amide bonds. The number of nitrogens with zero attached hydrogens (tertiary/aromatic N) is 2. The summed E-state index contributed by atoms with van der Waals surface area (Å²) < 4.78 is 63.2. The largest absolute Gasteiger partial charge is 0.457 e. The maximum atomic E-state index is 14.7. The van der Waals surface area contributed by atoms with Gasteiger partial charge in [0, 0.05) is 17.8 Å². The minimum absolute atomic E-state index is 0.204. The third kappa shape index (κ3) is 3.86. The number of aryl methyl sites for hydroxylation is 1. The van der Waals surface area contributed by atoms with Gasteiger partial charge in [0.05, 0.1) is 10.9 Å². The lowest BCUT2D eigenvalue weighted by Crippen LogP contribution is -2.23. The molecule has 2 aromatic carbocycles. The van der Waals surface area contributed by atoms with Crippen LogP contribution in [0.2, 0.25) is 5.02 Å². The molecule has 0 spiro atoms. The maximum absolute atomic E-state index is 14.7. The molecule has 0 atom stereocenters. The van der Waals surface area contributed by atoms with Crippen LogP contribution < -0.4 is 11.2 Å². The van der Waals surface area contributed by atoms with E-state index in [1.807, 2.05) is 0 Å². The van der Waals surface area contributed by atoms with Crippen LogP contribution in [0.4, 0.5) is 23.4 Å². The van der Waals surface area contributed by atoms with Gasteiger partial charge in [-0.15, -0.1) is 0 Å². The van der Waals surface area contributed by atoms with E-state index in [9.17, 15) is 27.2 Å². The summed E-state index contributed by atoms with van der Waals surface area (Å²) in [5, 5.41) is -1.38. The Bertz CT molecular complexity index is 1520. The molecule has 11 heteroatoms. The van der Waals surface area contributed by atoms with Gasteiger partial charge in [-0.3, -0.25) is 9.36 Å². The molecule has 4 rings (SSSR count). The van der Waals surface area contributed by atoms with Crippen molar-refractivity contribution in [1.82, 2.24) is 9.55 Å². The molecule has 4 aromatic rings. The van der Waals surface area contributed by atoms with E-state index in [-0.39, 0.29) is 6.61 Å². The zero-order valence-electron chi connectivity index (χ0n) is 17.3. The first-order chi connectivity index (χ1) is 16.1. The molecule has 0 aliphatic heterocycles. The van der Waals surface area contributed by atoms with Crippen LogP contribution in [-0.2, 0) is 11.3 Å². The molecule has 0 unspecified atom stereocenters. The summed E-state index contributed by atoms with van der Waals surface area (Å²) in [6, 6.07) is 8.94. The normalized spacial score (nSPS) is 11.1. The molecule has 0 bridgehead atoms. The number of pyridine rings is 2. The number of nitrogens with two attached hydrogens (primary N) is 1. The number of nitrogen functional groups attached to an aromatic ring is 1. The first-order valence-corrected chi connectivity index (χ1v) is 10.0. The maximum Gasteiger partial charge on any atom is 0.344 e. The highest BCUT2D eigenvalue weighted by Gasteiger charge is 2.27. The Labute approximate surface area is 194 Å². The zero-order valence-corrected chi connectivity index (χ0v) is 18.1. The van der Waals surface area contributed by atoms with Gasteiger partial charge >= 0.3 is 5.97 Å². The second-order valence-corrected chi connectivity index (χ2v) is 7.63. The molecule has 2 N–H and O–H groups in total. The molecule has 0 aliphatic rings. The van der Waals surface area contributed by atoms with Gasteiger partial charge < -0.3 is 10.5 Å². The predicted octanol–water partition coefficient (Wildman–Crippen LogP) is 4.84. The van der Waals surface area contributed by atoms with Crippen molar-refractivity contribution in [2.75, 3.05) is 5.73 Å². The third-order valence-corrected chi connectivity index (χ3v) is 5.45. The van der Waals surface area contributed by atoms with Gasteiger partial charge in [0.25, 0.3) is 0 Å². The number of aromatic nitrogens is 2. The van der Waals surface area contributed by atoms with Crippen LogP contribution in [0.5, 0.6) is 0 Å². The van der Waals surface area contributed by atoms with E-state index in [4.69, 9.17) is 22.1 Å². The lowest BCUT2D eigenvalue weighted by molar-refractivity contribution is 0.0470. The van der Waals surface area contributed by atoms with Crippen molar-refractivity contribution >= 4 is 34.3 Å². The summed E-state index contributed by atoms with van der Waals surface area (Å²) in [7, 11) is 0. The summed E-state index contributed by atoms with van der Waals surface area (Å²) in [5.41, 5.74) is 3.42. The zero-order chi connectivity index (χ0) is 24.7. The smallest absolute Gasteiger partial charge is 0.344 e. The Morgan fingerprint density at radius 3 is 2.47 bits per heavy atom. The number of fused-ring (bicyclic) bond motifs is 1. The third-order valence-electron chi connectivity index (χ3n) is 5.10. The monoisotopic (exact) mass is 491 g/mol. The van der Waals surface area contributed by atoms with Gasteiger partial charge in [-0.05, 0) is 12.5 Å². The molecule has 34 heavy (non-hydrogen) atoms. The molecule has 2 heterocycles. The summed E-state index contributed by atoms with van der Waals surface area (Å²) >= 11 is 5.98. The second kappa shape index (κ2) is 8.79. The van der Waals surface area contributed by atoms with Gasteiger partial charge in [-0.25, -0.2) is 27.3 Å². The van der Waals surface area contributed by atoms with Crippen molar-refractivity contribution in [1.29, 1.82) is 0 Å². The van der Waals surface area contributed by atoms with Crippen LogP contribution in [0.25, 0.3) is 16.7 Å². The van der Waals surface area contributed by atoms with E-state index >= 15 is 0 Å². The minimum Gasteiger partial charge on any atom is -0.457 e. The molecule has 6 nitrogen and oxygen atoms in total. The number of anilines is 1. The summed E-state index contributed by atoms with van der Waals surface area (Å²) in [6.07, 6.45) is 0.809. The van der Waals surface area contributed by atoms with Gasteiger partial charge in [-0.2, -0.15) is 0 Å². The lowest BCUT2D eigenvalue weighted by Gasteiger charge is -2.17. The number of hydrogen-bond donors (Lipinski definition) is 1. The van der Waals surface area contributed by atoms with E-state index in [0.29, 0.717) is 11.6 Å². The van der Waals surface area contributed by atoms with Crippen molar-refractivity contribution in [3.05, 3.63) is 97.8 Å². The highest BCUT2D eigenvalue weighted by Crippen LogP contribution is 2.33. The van der Waals surface area contributed by atoms with E-state index in [0.717, 1.165) is 17.7 Å². The standard InChI is InChI=1S/C23H14ClF4N3O3/c1-10-15-19(16(24)18(28)17(10)27)31(22-14(26)7-13(25)21(29)30-22)8-12(20(15)32)23(33)34-9-11-5-3-2-4-6-11/h2-8H,9H2,1H3,(H2,29,30). The van der Waals surface area contributed by atoms with Crippen LogP contribution >= 0.6 is 11.6 Å². The molecular weight excluding hydrogens is 478 g/mol. The average molecular weight is 492 g/mol. The molecule has 0 aliphatic carbocycles. The SMILES string of the molecule is Cc1c(F)c(F)c(Cl)c2c1c(=O)c(C(=O)OCc1ccccc1)cn2-c1nc(N)c(F)cc1F.